The number of nitrogens with zero attached hydrogens (tertiary/aromatic N) is 1. The highest BCUT2D eigenvalue weighted by Gasteiger charge is 2.22. The van der Waals surface area contributed by atoms with Crippen molar-refractivity contribution in [1.29, 1.82) is 0 Å². The number of thiophene rings is 1. The molecule has 0 spiro atoms. The van der Waals surface area contributed by atoms with E-state index in [1.165, 1.54) is 17.7 Å². The molecule has 1 aromatic heterocycles. The van der Waals surface area contributed by atoms with Gasteiger partial charge in [0.15, 0.2) is 0 Å². The quantitative estimate of drug-likeness (QED) is 0.756. The Balaban J connectivity index is 1.90. The normalized spacial score (nSPS) is 21.2. The summed E-state index contributed by atoms with van der Waals surface area (Å²) in [5.74, 6) is 0.782. The summed E-state index contributed by atoms with van der Waals surface area (Å²) in [6.45, 7) is 5.17. The van der Waals surface area contributed by atoms with Crippen molar-refractivity contribution >= 4 is 17.1 Å². The van der Waals surface area contributed by atoms with E-state index in [0.717, 1.165) is 38.9 Å². The zero-order valence-electron chi connectivity index (χ0n) is 11.2. The van der Waals surface area contributed by atoms with Gasteiger partial charge in [0, 0.05) is 30.3 Å². The van der Waals surface area contributed by atoms with Gasteiger partial charge in [-0.05, 0) is 30.8 Å². The zero-order valence-corrected chi connectivity index (χ0v) is 12.0. The van der Waals surface area contributed by atoms with Crippen LogP contribution < -0.4 is 0 Å². The fourth-order valence-corrected chi connectivity index (χ4v) is 3.41. The van der Waals surface area contributed by atoms with Gasteiger partial charge in [-0.25, -0.2) is 0 Å². The van der Waals surface area contributed by atoms with Gasteiger partial charge in [0.25, 0.3) is 0 Å². The predicted molar refractivity (Wildman–Crippen MR) is 76.9 cm³/mol. The van der Waals surface area contributed by atoms with Gasteiger partial charge in [0.1, 0.15) is 5.78 Å². The summed E-state index contributed by atoms with van der Waals surface area (Å²) in [4.78, 5) is 15.9. The Kier molecular flexibility index (Phi) is 5.39. The van der Waals surface area contributed by atoms with Gasteiger partial charge < -0.3 is 0 Å². The van der Waals surface area contributed by atoms with Gasteiger partial charge in [-0.15, -0.1) is 11.3 Å². The van der Waals surface area contributed by atoms with Crippen LogP contribution in [0, 0.1) is 5.92 Å². The van der Waals surface area contributed by atoms with Crippen LogP contribution in [0.4, 0.5) is 0 Å². The molecular formula is C15H23NOS. The average Bonchev–Trinajstić information content (AvgIpc) is 2.80. The Morgan fingerprint density at radius 3 is 3.00 bits per heavy atom. The van der Waals surface area contributed by atoms with Crippen LogP contribution in [0.1, 0.15) is 43.9 Å². The van der Waals surface area contributed by atoms with Crippen molar-refractivity contribution in [3.8, 4) is 0 Å². The van der Waals surface area contributed by atoms with Gasteiger partial charge in [-0.3, -0.25) is 9.69 Å². The van der Waals surface area contributed by atoms with Crippen molar-refractivity contribution in [2.75, 3.05) is 13.1 Å². The molecule has 0 radical (unpaired) electrons. The van der Waals surface area contributed by atoms with E-state index in [1.54, 1.807) is 11.3 Å². The maximum atomic E-state index is 12.0. The lowest BCUT2D eigenvalue weighted by Gasteiger charge is -2.24. The van der Waals surface area contributed by atoms with E-state index < -0.39 is 0 Å². The van der Waals surface area contributed by atoms with E-state index in [4.69, 9.17) is 0 Å². The second kappa shape index (κ2) is 7.05. The van der Waals surface area contributed by atoms with Gasteiger partial charge >= 0.3 is 0 Å². The molecule has 0 amide bonds. The van der Waals surface area contributed by atoms with Crippen molar-refractivity contribution in [3.63, 3.8) is 0 Å². The van der Waals surface area contributed by atoms with Crippen LogP contribution in [0.3, 0.4) is 0 Å². The highest BCUT2D eigenvalue weighted by Crippen LogP contribution is 2.22. The first kappa shape index (κ1) is 13.8. The first-order valence-corrected chi connectivity index (χ1v) is 7.95. The van der Waals surface area contributed by atoms with E-state index in [2.05, 4.69) is 29.3 Å². The SMILES string of the molecule is CCN(Cc1cccs1)CC1CCCCCC1=O. The van der Waals surface area contributed by atoms with Gasteiger partial charge in [0.2, 0.25) is 0 Å². The zero-order chi connectivity index (χ0) is 12.8. The minimum atomic E-state index is 0.285. The molecule has 1 saturated carbocycles. The lowest BCUT2D eigenvalue weighted by Crippen LogP contribution is -2.32. The van der Waals surface area contributed by atoms with Crippen molar-refractivity contribution in [3.05, 3.63) is 22.4 Å². The first-order chi connectivity index (χ1) is 8.79. The molecule has 0 bridgehead atoms. The Bertz CT molecular complexity index is 361. The minimum absolute atomic E-state index is 0.285. The molecule has 0 saturated heterocycles. The van der Waals surface area contributed by atoms with Gasteiger partial charge in [-0.2, -0.15) is 0 Å². The number of carbonyl (C=O) groups is 1. The first-order valence-electron chi connectivity index (χ1n) is 7.07. The van der Waals surface area contributed by atoms with Crippen molar-refractivity contribution in [1.82, 2.24) is 4.90 Å². The largest absolute Gasteiger partial charge is 0.299 e. The Morgan fingerprint density at radius 1 is 1.39 bits per heavy atom. The Hall–Kier alpha value is -0.670. The highest BCUT2D eigenvalue weighted by atomic mass is 32.1. The molecule has 1 aliphatic rings. The van der Waals surface area contributed by atoms with E-state index in [-0.39, 0.29) is 5.92 Å². The maximum absolute atomic E-state index is 12.0. The van der Waals surface area contributed by atoms with Gasteiger partial charge in [-0.1, -0.05) is 25.8 Å². The summed E-state index contributed by atoms with van der Waals surface area (Å²) < 4.78 is 0. The highest BCUT2D eigenvalue weighted by molar-refractivity contribution is 7.09. The van der Waals surface area contributed by atoms with E-state index in [0.29, 0.717) is 5.78 Å². The number of hydrogen-bond donors (Lipinski definition) is 0. The molecule has 0 N–H and O–H groups in total. The third-order valence-electron chi connectivity index (χ3n) is 3.82. The maximum Gasteiger partial charge on any atom is 0.137 e. The molecular weight excluding hydrogens is 242 g/mol. The summed E-state index contributed by atoms with van der Waals surface area (Å²) in [6.07, 6.45) is 5.47. The summed E-state index contributed by atoms with van der Waals surface area (Å²) in [5.41, 5.74) is 0. The van der Waals surface area contributed by atoms with Crippen LogP contribution >= 0.6 is 11.3 Å². The summed E-state index contributed by atoms with van der Waals surface area (Å²) in [5, 5.41) is 2.12. The number of Topliss-reactive ketones (excluding diaryl/α,β-unsaturated/α-hetero) is 1. The summed E-state index contributed by atoms with van der Waals surface area (Å²) >= 11 is 1.81. The molecule has 1 atom stereocenters. The molecule has 1 unspecified atom stereocenters. The van der Waals surface area contributed by atoms with Crippen LogP contribution in [-0.4, -0.2) is 23.8 Å². The second-order valence-electron chi connectivity index (χ2n) is 5.17. The topological polar surface area (TPSA) is 20.3 Å². The number of rotatable bonds is 5. The fraction of sp³-hybridized carbons (Fsp3) is 0.667. The molecule has 18 heavy (non-hydrogen) atoms. The van der Waals surface area contributed by atoms with Crippen LogP contribution in [0.15, 0.2) is 17.5 Å². The van der Waals surface area contributed by atoms with Crippen LogP contribution in [0.5, 0.6) is 0 Å². The lowest BCUT2D eigenvalue weighted by atomic mass is 9.98. The molecule has 1 aromatic rings. The van der Waals surface area contributed by atoms with Crippen LogP contribution in [0.25, 0.3) is 0 Å². The van der Waals surface area contributed by atoms with E-state index in [9.17, 15) is 4.79 Å². The lowest BCUT2D eigenvalue weighted by molar-refractivity contribution is -0.123. The molecule has 0 aromatic carbocycles. The van der Waals surface area contributed by atoms with Crippen LogP contribution in [0.2, 0.25) is 0 Å². The summed E-state index contributed by atoms with van der Waals surface area (Å²) in [7, 11) is 0. The molecule has 1 aliphatic carbocycles. The average molecular weight is 265 g/mol. The molecule has 0 aliphatic heterocycles. The standard InChI is InChI=1S/C15H23NOS/c1-2-16(12-14-8-6-10-18-14)11-13-7-4-3-5-9-15(13)17/h6,8,10,13H,2-5,7,9,11-12H2,1H3. The predicted octanol–water partition coefficient (Wildman–Crippen LogP) is 3.72. The molecule has 1 heterocycles. The van der Waals surface area contributed by atoms with Gasteiger partial charge in [0.05, 0.1) is 0 Å². The van der Waals surface area contributed by atoms with Crippen molar-refractivity contribution in [2.45, 2.75) is 45.6 Å². The minimum Gasteiger partial charge on any atom is -0.299 e. The third-order valence-corrected chi connectivity index (χ3v) is 4.68. The molecule has 100 valence electrons. The smallest absolute Gasteiger partial charge is 0.137 e. The van der Waals surface area contributed by atoms with Crippen molar-refractivity contribution < 1.29 is 4.79 Å². The van der Waals surface area contributed by atoms with E-state index >= 15 is 0 Å². The number of carbonyl (C=O) groups excluding carboxylic acids is 1. The Labute approximate surface area is 114 Å². The Morgan fingerprint density at radius 2 is 2.28 bits per heavy atom. The van der Waals surface area contributed by atoms with Crippen LogP contribution in [-0.2, 0) is 11.3 Å². The molecule has 1 fully saturated rings. The molecule has 2 rings (SSSR count). The molecule has 3 heteroatoms. The molecule has 2 nitrogen and oxygen atoms in total. The van der Waals surface area contributed by atoms with E-state index in [1.807, 2.05) is 0 Å². The third kappa shape index (κ3) is 3.92. The monoisotopic (exact) mass is 265 g/mol. The fourth-order valence-electron chi connectivity index (χ4n) is 2.67. The summed E-state index contributed by atoms with van der Waals surface area (Å²) in [6, 6.07) is 4.28. The van der Waals surface area contributed by atoms with Crippen molar-refractivity contribution in [2.24, 2.45) is 5.92 Å². The second-order valence-corrected chi connectivity index (χ2v) is 6.20. The number of hydrogen-bond acceptors (Lipinski definition) is 3. The number of ketones is 1.